The van der Waals surface area contributed by atoms with E-state index in [1.807, 2.05) is 10.9 Å². The third-order valence-corrected chi connectivity index (χ3v) is 3.50. The molecule has 1 fully saturated rings. The minimum absolute atomic E-state index is 0.345. The van der Waals surface area contributed by atoms with Crippen LogP contribution in [0.25, 0.3) is 0 Å². The summed E-state index contributed by atoms with van der Waals surface area (Å²) in [5, 5.41) is 4.41. The van der Waals surface area contributed by atoms with Crippen LogP contribution in [0.4, 0.5) is 0 Å². The molecule has 4 heteroatoms. The summed E-state index contributed by atoms with van der Waals surface area (Å²) in [5.74, 6) is 0. The molecule has 0 saturated heterocycles. The molecule has 1 aromatic heterocycles. The second kappa shape index (κ2) is 5.65. The molecule has 1 heterocycles. The number of nitrogens with zero attached hydrogens (tertiary/aromatic N) is 3. The first-order valence-corrected chi connectivity index (χ1v) is 6.78. The first-order chi connectivity index (χ1) is 8.30. The molecule has 17 heavy (non-hydrogen) atoms. The van der Waals surface area contributed by atoms with E-state index in [1.165, 1.54) is 18.4 Å². The zero-order chi connectivity index (χ0) is 12.3. The Hall–Kier alpha value is -0.870. The molecule has 0 aromatic carbocycles. The highest BCUT2D eigenvalue weighted by molar-refractivity contribution is 5.12. The van der Waals surface area contributed by atoms with E-state index in [9.17, 15) is 0 Å². The number of hydrogen-bond donors (Lipinski definition) is 1. The van der Waals surface area contributed by atoms with Crippen LogP contribution in [0.2, 0.25) is 0 Å². The number of aryl methyl sites for hydroxylation is 1. The number of likely N-dealkylation sites (N-methyl/N-ethyl adjacent to an activating group) is 1. The second-order valence-electron chi connectivity index (χ2n) is 4.85. The van der Waals surface area contributed by atoms with Crippen molar-refractivity contribution in [3.05, 3.63) is 18.0 Å². The van der Waals surface area contributed by atoms with E-state index in [1.54, 1.807) is 0 Å². The Morgan fingerprint density at radius 2 is 2.29 bits per heavy atom. The van der Waals surface area contributed by atoms with Crippen LogP contribution in [0.3, 0.4) is 0 Å². The summed E-state index contributed by atoms with van der Waals surface area (Å²) in [7, 11) is 0. The first-order valence-electron chi connectivity index (χ1n) is 6.78. The van der Waals surface area contributed by atoms with Crippen molar-refractivity contribution in [1.29, 1.82) is 0 Å². The van der Waals surface area contributed by atoms with E-state index in [0.717, 1.165) is 25.6 Å². The third-order valence-electron chi connectivity index (χ3n) is 3.50. The quantitative estimate of drug-likeness (QED) is 0.785. The van der Waals surface area contributed by atoms with Gasteiger partial charge in [-0.2, -0.15) is 5.10 Å². The van der Waals surface area contributed by atoms with Gasteiger partial charge in [0.1, 0.15) is 0 Å². The Morgan fingerprint density at radius 3 is 2.82 bits per heavy atom. The van der Waals surface area contributed by atoms with E-state index in [-0.39, 0.29) is 0 Å². The summed E-state index contributed by atoms with van der Waals surface area (Å²) < 4.78 is 2.03. The smallest absolute Gasteiger partial charge is 0.0538 e. The molecular formula is C13H24N4. The molecule has 0 amide bonds. The lowest BCUT2D eigenvalue weighted by Gasteiger charge is -2.29. The zero-order valence-electron chi connectivity index (χ0n) is 11.0. The largest absolute Gasteiger partial charge is 0.329 e. The lowest BCUT2D eigenvalue weighted by molar-refractivity contribution is 0.202. The normalized spacial score (nSPS) is 17.6. The van der Waals surface area contributed by atoms with Crippen molar-refractivity contribution >= 4 is 0 Å². The number of nitrogens with two attached hydrogens (primary N) is 1. The van der Waals surface area contributed by atoms with Crippen molar-refractivity contribution in [3.63, 3.8) is 0 Å². The average molecular weight is 236 g/mol. The Morgan fingerprint density at radius 1 is 1.53 bits per heavy atom. The molecule has 1 aliphatic carbocycles. The topological polar surface area (TPSA) is 47.1 Å². The molecule has 1 unspecified atom stereocenters. The fourth-order valence-corrected chi connectivity index (χ4v) is 2.51. The summed E-state index contributed by atoms with van der Waals surface area (Å²) in [6.07, 6.45) is 7.92. The molecule has 4 nitrogen and oxygen atoms in total. The maximum Gasteiger partial charge on any atom is 0.0538 e. The van der Waals surface area contributed by atoms with Gasteiger partial charge in [-0.1, -0.05) is 13.8 Å². The lowest BCUT2D eigenvalue weighted by atomic mass is 10.1. The fraction of sp³-hybridized carbons (Fsp3) is 0.769. The third kappa shape index (κ3) is 2.87. The summed E-state index contributed by atoms with van der Waals surface area (Å²) >= 11 is 0. The van der Waals surface area contributed by atoms with Crippen LogP contribution in [-0.2, 0) is 6.54 Å². The van der Waals surface area contributed by atoms with Gasteiger partial charge in [0, 0.05) is 30.9 Å². The molecule has 1 atom stereocenters. The summed E-state index contributed by atoms with van der Waals surface area (Å²) in [6.45, 7) is 7.14. The van der Waals surface area contributed by atoms with Crippen LogP contribution in [0, 0.1) is 0 Å². The molecule has 1 aliphatic rings. The average Bonchev–Trinajstić information content (AvgIpc) is 3.07. The van der Waals surface area contributed by atoms with E-state index >= 15 is 0 Å². The maximum absolute atomic E-state index is 5.95. The first kappa shape index (κ1) is 12.6. The Bertz CT molecular complexity index is 343. The van der Waals surface area contributed by atoms with Crippen molar-refractivity contribution in [2.75, 3.05) is 13.1 Å². The van der Waals surface area contributed by atoms with Crippen LogP contribution in [0.15, 0.2) is 12.4 Å². The molecule has 1 saturated carbocycles. The van der Waals surface area contributed by atoms with Crippen molar-refractivity contribution in [3.8, 4) is 0 Å². The Balaban J connectivity index is 2.09. The highest BCUT2D eigenvalue weighted by atomic mass is 15.3. The van der Waals surface area contributed by atoms with Crippen molar-refractivity contribution in [2.24, 2.45) is 5.73 Å². The van der Waals surface area contributed by atoms with Crippen molar-refractivity contribution < 1.29 is 0 Å². The highest BCUT2D eigenvalue weighted by Gasteiger charge is 2.33. The zero-order valence-corrected chi connectivity index (χ0v) is 11.0. The van der Waals surface area contributed by atoms with Gasteiger partial charge >= 0.3 is 0 Å². The summed E-state index contributed by atoms with van der Waals surface area (Å²) in [4.78, 5) is 2.52. The van der Waals surface area contributed by atoms with Crippen LogP contribution in [0.5, 0.6) is 0 Å². The van der Waals surface area contributed by atoms with E-state index in [2.05, 4.69) is 30.0 Å². The van der Waals surface area contributed by atoms with Crippen LogP contribution < -0.4 is 5.73 Å². The van der Waals surface area contributed by atoms with Gasteiger partial charge in [0.15, 0.2) is 0 Å². The van der Waals surface area contributed by atoms with Gasteiger partial charge in [-0.05, 0) is 25.8 Å². The van der Waals surface area contributed by atoms with Gasteiger partial charge in [0.2, 0.25) is 0 Å². The molecule has 96 valence electrons. The van der Waals surface area contributed by atoms with Gasteiger partial charge in [0.05, 0.1) is 12.2 Å². The highest BCUT2D eigenvalue weighted by Crippen LogP contribution is 2.33. The number of rotatable bonds is 7. The van der Waals surface area contributed by atoms with Crippen molar-refractivity contribution in [2.45, 2.75) is 51.7 Å². The predicted molar refractivity (Wildman–Crippen MR) is 69.7 cm³/mol. The molecule has 0 spiro atoms. The van der Waals surface area contributed by atoms with Crippen LogP contribution >= 0.6 is 0 Å². The number of hydrogen-bond acceptors (Lipinski definition) is 3. The van der Waals surface area contributed by atoms with Gasteiger partial charge in [-0.15, -0.1) is 0 Å². The molecule has 2 N–H and O–H groups in total. The van der Waals surface area contributed by atoms with Crippen LogP contribution in [0.1, 0.15) is 44.7 Å². The SMILES string of the molecule is CCCn1cc(C(CN)N(CC)C2CC2)cn1. The van der Waals surface area contributed by atoms with Gasteiger partial charge in [0.25, 0.3) is 0 Å². The Kier molecular flexibility index (Phi) is 4.18. The fourth-order valence-electron chi connectivity index (χ4n) is 2.51. The van der Waals surface area contributed by atoms with E-state index < -0.39 is 0 Å². The summed E-state index contributed by atoms with van der Waals surface area (Å²) in [6, 6.07) is 1.10. The van der Waals surface area contributed by atoms with E-state index in [4.69, 9.17) is 5.73 Å². The van der Waals surface area contributed by atoms with Gasteiger partial charge < -0.3 is 5.73 Å². The standard InChI is InChI=1S/C13H24N4/c1-3-7-16-10-11(9-15-16)13(8-14)17(4-2)12-5-6-12/h9-10,12-13H,3-8,14H2,1-2H3. The van der Waals surface area contributed by atoms with Gasteiger partial charge in [-0.3, -0.25) is 9.58 Å². The van der Waals surface area contributed by atoms with Crippen molar-refractivity contribution in [1.82, 2.24) is 14.7 Å². The molecule has 0 radical (unpaired) electrons. The molecule has 2 rings (SSSR count). The minimum atomic E-state index is 0.345. The molecule has 0 aliphatic heterocycles. The monoisotopic (exact) mass is 236 g/mol. The van der Waals surface area contributed by atoms with Crippen LogP contribution in [-0.4, -0.2) is 33.8 Å². The maximum atomic E-state index is 5.95. The van der Waals surface area contributed by atoms with Gasteiger partial charge in [-0.25, -0.2) is 0 Å². The molecule has 0 bridgehead atoms. The Labute approximate surface area is 104 Å². The minimum Gasteiger partial charge on any atom is -0.329 e. The van der Waals surface area contributed by atoms with E-state index in [0.29, 0.717) is 12.6 Å². The summed E-state index contributed by atoms with van der Waals surface area (Å²) in [5.41, 5.74) is 7.22. The molecular weight excluding hydrogens is 212 g/mol. The second-order valence-corrected chi connectivity index (χ2v) is 4.85. The predicted octanol–water partition coefficient (Wildman–Crippen LogP) is 1.78. The lowest BCUT2D eigenvalue weighted by Crippen LogP contribution is -2.35. The number of aromatic nitrogens is 2. The molecule has 1 aromatic rings.